The van der Waals surface area contributed by atoms with Crippen molar-refractivity contribution in [2.45, 2.75) is 50.5 Å². The van der Waals surface area contributed by atoms with Crippen LogP contribution < -0.4 is 19.6 Å². The molecule has 0 aromatic heterocycles. The molecular weight excluding hydrogens is 606 g/mol. The van der Waals surface area contributed by atoms with E-state index in [1.165, 1.54) is 19.1 Å². The summed E-state index contributed by atoms with van der Waals surface area (Å²) in [6, 6.07) is 13.5. The van der Waals surface area contributed by atoms with Gasteiger partial charge in [0.1, 0.15) is 35.4 Å². The monoisotopic (exact) mass is 644 g/mol. The number of rotatable bonds is 11. The molecule has 2 N–H and O–H groups in total. The first-order chi connectivity index (χ1) is 20.8. The number of benzene rings is 3. The third-order valence-corrected chi connectivity index (χ3v) is 10.1. The summed E-state index contributed by atoms with van der Waals surface area (Å²) in [5.41, 5.74) is 2.51. The molecule has 0 amide bonds. The van der Waals surface area contributed by atoms with Crippen LogP contribution in [0.2, 0.25) is 0 Å². The molecule has 13 heteroatoms. The van der Waals surface area contributed by atoms with Crippen LogP contribution in [-0.2, 0) is 29.7 Å². The van der Waals surface area contributed by atoms with Crippen LogP contribution in [0, 0.1) is 0 Å². The molecule has 0 radical (unpaired) electrons. The van der Waals surface area contributed by atoms with Crippen LogP contribution in [0.3, 0.4) is 0 Å². The Labute approximate surface area is 257 Å². The van der Waals surface area contributed by atoms with Crippen molar-refractivity contribution >= 4 is 42.8 Å². The molecule has 1 heterocycles. The third-order valence-electron chi connectivity index (χ3n) is 7.64. The average Bonchev–Trinajstić information content (AvgIpc) is 2.99. The Balaban J connectivity index is 2.08. The van der Waals surface area contributed by atoms with E-state index in [1.54, 1.807) is 0 Å². The number of hydrogen-bond donors (Lipinski definition) is 2. The Kier molecular flexibility index (Phi) is 9.83. The van der Waals surface area contributed by atoms with Gasteiger partial charge in [-0.2, -0.15) is 13.1 Å². The number of sulfonamides is 1. The number of nitrogens with zero attached hydrogens (tertiary/aromatic N) is 2. The number of nitrogens with one attached hydrogen (secondary N) is 1. The Morgan fingerprint density at radius 2 is 1.61 bits per heavy atom. The molecule has 1 aliphatic heterocycles. The standard InChI is InChI=1S/C31H37N3O8S2/c1-7-33(8-2)21-11-14-24-27(17-21)42-28-18-22(34(9-3)10-4)12-15-25(28)30(24)26-16-13-23(19-29(26)44(38,39)40)43(36,37)32-20(5)31(35)41-6/h11-20,32H,7-10H2,1-6H3/p+1. The van der Waals surface area contributed by atoms with Gasteiger partial charge in [-0.05, 0) is 65.0 Å². The fraction of sp³-hybridized carbons (Fsp3) is 0.355. The quantitative estimate of drug-likeness (QED) is 0.107. The van der Waals surface area contributed by atoms with Crippen LogP contribution in [0.15, 0.2) is 68.8 Å². The minimum absolute atomic E-state index is 0.0874. The summed E-state index contributed by atoms with van der Waals surface area (Å²) in [7, 11) is -8.20. The molecule has 1 unspecified atom stereocenters. The van der Waals surface area contributed by atoms with E-state index in [9.17, 15) is 26.2 Å². The molecule has 11 nitrogen and oxygen atoms in total. The minimum Gasteiger partial charge on any atom is -0.468 e. The van der Waals surface area contributed by atoms with E-state index < -0.39 is 41.9 Å². The van der Waals surface area contributed by atoms with E-state index in [4.69, 9.17) is 4.42 Å². The molecule has 1 aliphatic carbocycles. The van der Waals surface area contributed by atoms with Crippen molar-refractivity contribution in [3.8, 4) is 22.5 Å². The van der Waals surface area contributed by atoms with E-state index in [2.05, 4.69) is 18.9 Å². The summed E-state index contributed by atoms with van der Waals surface area (Å²) < 4.78 is 77.6. The van der Waals surface area contributed by atoms with Crippen molar-refractivity contribution in [2.75, 3.05) is 38.2 Å². The lowest BCUT2D eigenvalue weighted by Crippen LogP contribution is -2.39. The summed E-state index contributed by atoms with van der Waals surface area (Å²) in [6.07, 6.45) is 0. The average molecular weight is 645 g/mol. The van der Waals surface area contributed by atoms with Gasteiger partial charge < -0.3 is 14.1 Å². The first-order valence-electron chi connectivity index (χ1n) is 14.3. The highest BCUT2D eigenvalue weighted by atomic mass is 32.2. The predicted molar refractivity (Wildman–Crippen MR) is 170 cm³/mol. The second kappa shape index (κ2) is 13.1. The maximum absolute atomic E-state index is 13.1. The summed E-state index contributed by atoms with van der Waals surface area (Å²) >= 11 is 0. The van der Waals surface area contributed by atoms with Gasteiger partial charge in [-0.15, -0.1) is 0 Å². The van der Waals surface area contributed by atoms with Gasteiger partial charge in [0.25, 0.3) is 10.1 Å². The molecule has 0 saturated carbocycles. The van der Waals surface area contributed by atoms with Gasteiger partial charge >= 0.3 is 5.97 Å². The zero-order valence-electron chi connectivity index (χ0n) is 25.6. The lowest BCUT2D eigenvalue weighted by Gasteiger charge is -2.22. The molecule has 0 saturated heterocycles. The van der Waals surface area contributed by atoms with E-state index in [1.807, 2.05) is 64.1 Å². The summed E-state index contributed by atoms with van der Waals surface area (Å²) in [6.45, 7) is 12.5. The Bertz CT molecular complexity index is 1960. The van der Waals surface area contributed by atoms with Crippen LogP contribution in [0.4, 0.5) is 5.69 Å². The van der Waals surface area contributed by atoms with Crippen LogP contribution in [-0.4, -0.2) is 66.7 Å². The lowest BCUT2D eigenvalue weighted by molar-refractivity contribution is -0.142. The predicted octanol–water partition coefficient (Wildman–Crippen LogP) is 3.95. The highest BCUT2D eigenvalue weighted by Gasteiger charge is 2.29. The molecular formula is C31H38N3O8S2+. The van der Waals surface area contributed by atoms with Crippen molar-refractivity contribution < 1.29 is 35.3 Å². The fourth-order valence-electron chi connectivity index (χ4n) is 5.34. The SMILES string of the molecule is CCN(CC)c1ccc2c(-c3ccc(S(=O)(=O)NC(C)C(=O)OC)cc3S(=O)(=O)O)c3ccc(=[N+](CC)CC)cc-3oc2c1. The molecule has 1 atom stereocenters. The van der Waals surface area contributed by atoms with Gasteiger partial charge in [0.15, 0.2) is 0 Å². The topological polar surface area (TPSA) is 146 Å². The highest BCUT2D eigenvalue weighted by molar-refractivity contribution is 7.89. The van der Waals surface area contributed by atoms with Crippen LogP contribution in [0.25, 0.3) is 33.4 Å². The van der Waals surface area contributed by atoms with Crippen LogP contribution >= 0.6 is 0 Å². The largest absolute Gasteiger partial charge is 0.468 e. The van der Waals surface area contributed by atoms with E-state index in [-0.39, 0.29) is 5.56 Å². The number of carbonyl (C=O) groups excluding carboxylic acids is 1. The molecule has 2 aromatic rings. The third kappa shape index (κ3) is 6.50. The molecule has 4 rings (SSSR count). The Hall–Kier alpha value is -3.78. The molecule has 0 spiro atoms. The van der Waals surface area contributed by atoms with Crippen molar-refractivity contribution in [1.29, 1.82) is 0 Å². The summed E-state index contributed by atoms with van der Waals surface area (Å²) in [4.78, 5) is 12.9. The highest BCUT2D eigenvalue weighted by Crippen LogP contribution is 2.43. The van der Waals surface area contributed by atoms with Gasteiger partial charge in [0, 0.05) is 53.0 Å². The number of methoxy groups -OCH3 is 1. The Morgan fingerprint density at radius 1 is 0.955 bits per heavy atom. The molecule has 0 bridgehead atoms. The first kappa shape index (κ1) is 33.1. The second-order valence-electron chi connectivity index (χ2n) is 10.2. The Morgan fingerprint density at radius 3 is 2.20 bits per heavy atom. The van der Waals surface area contributed by atoms with E-state index in [0.29, 0.717) is 27.9 Å². The van der Waals surface area contributed by atoms with Crippen molar-refractivity contribution in [2.24, 2.45) is 0 Å². The molecule has 2 aliphatic rings. The minimum atomic E-state index is -4.94. The number of esters is 1. The van der Waals surface area contributed by atoms with E-state index in [0.717, 1.165) is 50.4 Å². The maximum Gasteiger partial charge on any atom is 0.323 e. The first-order valence-corrected chi connectivity index (χ1v) is 17.3. The fourth-order valence-corrected chi connectivity index (χ4v) is 7.36. The van der Waals surface area contributed by atoms with Crippen molar-refractivity contribution in [3.05, 3.63) is 60.0 Å². The lowest BCUT2D eigenvalue weighted by atomic mass is 9.93. The number of carbonyl (C=O) groups is 1. The molecule has 0 fully saturated rings. The van der Waals surface area contributed by atoms with Gasteiger partial charge in [-0.1, -0.05) is 6.07 Å². The smallest absolute Gasteiger partial charge is 0.323 e. The normalized spacial score (nSPS) is 12.8. The zero-order valence-corrected chi connectivity index (χ0v) is 27.3. The van der Waals surface area contributed by atoms with Crippen molar-refractivity contribution in [1.82, 2.24) is 9.30 Å². The molecule has 44 heavy (non-hydrogen) atoms. The molecule has 236 valence electrons. The number of hydrogen-bond acceptors (Lipinski definition) is 8. The van der Waals surface area contributed by atoms with Gasteiger partial charge in [0.05, 0.1) is 18.1 Å². The van der Waals surface area contributed by atoms with Gasteiger partial charge in [-0.3, -0.25) is 9.35 Å². The number of ether oxygens (including phenoxy) is 1. The number of fused-ring (bicyclic) bond motifs is 2. The van der Waals surface area contributed by atoms with E-state index >= 15 is 0 Å². The second-order valence-corrected chi connectivity index (χ2v) is 13.3. The van der Waals surface area contributed by atoms with Crippen LogP contribution in [0.1, 0.15) is 34.6 Å². The number of anilines is 1. The summed E-state index contributed by atoms with van der Waals surface area (Å²) in [5.74, 6) is -0.334. The molecule has 2 aromatic carbocycles. The van der Waals surface area contributed by atoms with Crippen LogP contribution in [0.5, 0.6) is 0 Å². The van der Waals surface area contributed by atoms with Gasteiger partial charge in [-0.25, -0.2) is 13.0 Å². The van der Waals surface area contributed by atoms with Gasteiger partial charge in [0.2, 0.25) is 15.4 Å². The summed E-state index contributed by atoms with van der Waals surface area (Å²) in [5, 5.41) is 1.49. The van der Waals surface area contributed by atoms with Crippen molar-refractivity contribution in [3.63, 3.8) is 0 Å². The zero-order chi connectivity index (χ0) is 32.4. The maximum atomic E-state index is 13.1.